The van der Waals surface area contributed by atoms with E-state index in [1.54, 1.807) is 0 Å². The molecule has 0 heterocycles. The zero-order chi connectivity index (χ0) is 12.2. The molecule has 2 atom stereocenters. The highest BCUT2D eigenvalue weighted by molar-refractivity contribution is 5.72. The summed E-state index contributed by atoms with van der Waals surface area (Å²) in [6.07, 6.45) is 0. The van der Waals surface area contributed by atoms with Crippen molar-refractivity contribution in [2.45, 2.75) is 40.7 Å². The van der Waals surface area contributed by atoms with Crippen molar-refractivity contribution < 1.29 is 9.53 Å². The minimum Gasteiger partial charge on any atom is -0.469 e. The maximum Gasteiger partial charge on any atom is 0.309 e. The van der Waals surface area contributed by atoms with Crippen LogP contribution in [-0.4, -0.2) is 37.6 Å². The largest absolute Gasteiger partial charge is 0.469 e. The fourth-order valence-corrected chi connectivity index (χ4v) is 1.53. The molecule has 90 valence electrons. The minimum atomic E-state index is -0.136. The molecule has 0 radical (unpaired) electrons. The van der Waals surface area contributed by atoms with E-state index in [9.17, 15) is 4.79 Å². The SMILES string of the molecule is COC(=O)C(C)CN(C)C(C)C(C)(C)C. The molecule has 3 heteroatoms. The van der Waals surface area contributed by atoms with E-state index in [1.165, 1.54) is 7.11 Å². The van der Waals surface area contributed by atoms with Gasteiger partial charge in [0, 0.05) is 12.6 Å². The number of carbonyl (C=O) groups is 1. The molecule has 0 aromatic carbocycles. The lowest BCUT2D eigenvalue weighted by Crippen LogP contribution is -2.42. The third-order valence-electron chi connectivity index (χ3n) is 3.08. The van der Waals surface area contributed by atoms with Crippen LogP contribution in [-0.2, 0) is 9.53 Å². The van der Waals surface area contributed by atoms with E-state index in [2.05, 4.69) is 39.6 Å². The normalized spacial score (nSPS) is 16.3. The Hall–Kier alpha value is -0.570. The predicted octanol–water partition coefficient (Wildman–Crippen LogP) is 2.16. The summed E-state index contributed by atoms with van der Waals surface area (Å²) in [6, 6.07) is 0.435. The highest BCUT2D eigenvalue weighted by Gasteiger charge is 2.26. The van der Waals surface area contributed by atoms with Gasteiger partial charge in [0.1, 0.15) is 0 Å². The van der Waals surface area contributed by atoms with Crippen molar-refractivity contribution in [2.75, 3.05) is 20.7 Å². The molecule has 0 aliphatic carbocycles. The van der Waals surface area contributed by atoms with Gasteiger partial charge in [0.05, 0.1) is 13.0 Å². The van der Waals surface area contributed by atoms with Crippen LogP contribution in [0.25, 0.3) is 0 Å². The monoisotopic (exact) mass is 215 g/mol. The Morgan fingerprint density at radius 3 is 2.13 bits per heavy atom. The zero-order valence-electron chi connectivity index (χ0n) is 11.1. The van der Waals surface area contributed by atoms with Gasteiger partial charge in [-0.25, -0.2) is 0 Å². The molecule has 15 heavy (non-hydrogen) atoms. The van der Waals surface area contributed by atoms with Gasteiger partial charge < -0.3 is 9.64 Å². The first-order valence-electron chi connectivity index (χ1n) is 5.48. The van der Waals surface area contributed by atoms with Crippen molar-refractivity contribution in [1.29, 1.82) is 0 Å². The molecule has 0 bridgehead atoms. The van der Waals surface area contributed by atoms with E-state index in [0.29, 0.717) is 6.04 Å². The standard InChI is InChI=1S/C12H25NO2/c1-9(11(14)15-7)8-13(6)10(2)12(3,4)5/h9-10H,8H2,1-7H3. The Morgan fingerprint density at radius 1 is 1.33 bits per heavy atom. The van der Waals surface area contributed by atoms with E-state index >= 15 is 0 Å². The Morgan fingerprint density at radius 2 is 1.80 bits per heavy atom. The van der Waals surface area contributed by atoms with Crippen molar-refractivity contribution in [3.63, 3.8) is 0 Å². The molecule has 3 nitrogen and oxygen atoms in total. The Kier molecular flexibility index (Phi) is 5.29. The van der Waals surface area contributed by atoms with Crippen LogP contribution >= 0.6 is 0 Å². The number of ether oxygens (including phenoxy) is 1. The summed E-state index contributed by atoms with van der Waals surface area (Å²) in [7, 11) is 3.49. The first-order chi connectivity index (χ1) is 6.70. The predicted molar refractivity (Wildman–Crippen MR) is 62.7 cm³/mol. The van der Waals surface area contributed by atoms with Crippen LogP contribution in [0.2, 0.25) is 0 Å². The Bertz CT molecular complexity index is 208. The third kappa shape index (κ3) is 4.65. The zero-order valence-corrected chi connectivity index (χ0v) is 11.1. The van der Waals surface area contributed by atoms with E-state index in [-0.39, 0.29) is 17.3 Å². The van der Waals surface area contributed by atoms with Crippen molar-refractivity contribution in [3.05, 3.63) is 0 Å². The smallest absolute Gasteiger partial charge is 0.309 e. The number of rotatable bonds is 4. The van der Waals surface area contributed by atoms with Gasteiger partial charge in [0.2, 0.25) is 0 Å². The first kappa shape index (κ1) is 14.4. The van der Waals surface area contributed by atoms with Gasteiger partial charge in [0.25, 0.3) is 0 Å². The van der Waals surface area contributed by atoms with Gasteiger partial charge in [-0.1, -0.05) is 27.7 Å². The number of methoxy groups -OCH3 is 1. The molecule has 2 unspecified atom stereocenters. The average Bonchev–Trinajstić information content (AvgIpc) is 2.13. The molecule has 0 aliphatic heterocycles. The van der Waals surface area contributed by atoms with Gasteiger partial charge in [0.15, 0.2) is 0 Å². The maximum absolute atomic E-state index is 11.3. The Labute approximate surface area is 93.8 Å². The summed E-state index contributed by atoms with van der Waals surface area (Å²) in [5.74, 6) is -0.201. The quantitative estimate of drug-likeness (QED) is 0.673. The van der Waals surface area contributed by atoms with Gasteiger partial charge >= 0.3 is 5.97 Å². The number of carbonyl (C=O) groups excluding carboxylic acids is 1. The molecule has 0 saturated carbocycles. The van der Waals surface area contributed by atoms with E-state index in [4.69, 9.17) is 4.74 Å². The highest BCUT2D eigenvalue weighted by atomic mass is 16.5. The summed E-state index contributed by atoms with van der Waals surface area (Å²) < 4.78 is 4.71. The van der Waals surface area contributed by atoms with Crippen LogP contribution in [0.15, 0.2) is 0 Å². The topological polar surface area (TPSA) is 29.5 Å². The third-order valence-corrected chi connectivity index (χ3v) is 3.08. The lowest BCUT2D eigenvalue weighted by molar-refractivity contribution is -0.145. The van der Waals surface area contributed by atoms with Crippen LogP contribution in [0.1, 0.15) is 34.6 Å². The molecule has 0 fully saturated rings. The Balaban J connectivity index is 4.25. The number of nitrogens with zero attached hydrogens (tertiary/aromatic N) is 1. The van der Waals surface area contributed by atoms with Crippen LogP contribution in [0, 0.1) is 11.3 Å². The van der Waals surface area contributed by atoms with Gasteiger partial charge in [-0.15, -0.1) is 0 Å². The second-order valence-corrected chi connectivity index (χ2v) is 5.41. The van der Waals surface area contributed by atoms with Gasteiger partial charge in [-0.3, -0.25) is 4.79 Å². The van der Waals surface area contributed by atoms with Crippen molar-refractivity contribution in [2.24, 2.45) is 11.3 Å². The van der Waals surface area contributed by atoms with E-state index in [0.717, 1.165) is 6.54 Å². The number of hydrogen-bond donors (Lipinski definition) is 0. The molecule has 0 aromatic heterocycles. The molecule has 0 amide bonds. The maximum atomic E-state index is 11.3. The summed E-state index contributed by atoms with van der Waals surface area (Å²) in [6.45, 7) is 11.4. The first-order valence-corrected chi connectivity index (χ1v) is 5.48. The lowest BCUT2D eigenvalue weighted by atomic mass is 9.87. The van der Waals surface area contributed by atoms with Crippen LogP contribution in [0.5, 0.6) is 0 Å². The van der Waals surface area contributed by atoms with Crippen molar-refractivity contribution in [1.82, 2.24) is 4.90 Å². The molecule has 0 N–H and O–H groups in total. The lowest BCUT2D eigenvalue weighted by Gasteiger charge is -2.36. The van der Waals surface area contributed by atoms with E-state index < -0.39 is 0 Å². The summed E-state index contributed by atoms with van der Waals surface area (Å²) >= 11 is 0. The molecule has 0 aliphatic rings. The second-order valence-electron chi connectivity index (χ2n) is 5.41. The van der Waals surface area contributed by atoms with Crippen molar-refractivity contribution >= 4 is 5.97 Å². The van der Waals surface area contributed by atoms with Gasteiger partial charge in [-0.2, -0.15) is 0 Å². The second kappa shape index (κ2) is 5.50. The minimum absolute atomic E-state index is 0.0650. The number of esters is 1. The molecule has 0 saturated heterocycles. The van der Waals surface area contributed by atoms with Gasteiger partial charge in [-0.05, 0) is 19.4 Å². The molecular weight excluding hydrogens is 190 g/mol. The highest BCUT2D eigenvalue weighted by Crippen LogP contribution is 2.23. The summed E-state index contributed by atoms with van der Waals surface area (Å²) in [4.78, 5) is 13.5. The van der Waals surface area contributed by atoms with Crippen LogP contribution in [0.3, 0.4) is 0 Å². The fraction of sp³-hybridized carbons (Fsp3) is 0.917. The van der Waals surface area contributed by atoms with Crippen LogP contribution in [0.4, 0.5) is 0 Å². The van der Waals surface area contributed by atoms with Crippen molar-refractivity contribution in [3.8, 4) is 0 Å². The molecule has 0 rings (SSSR count). The molecule has 0 aromatic rings. The summed E-state index contributed by atoms with van der Waals surface area (Å²) in [5.41, 5.74) is 0.227. The van der Waals surface area contributed by atoms with E-state index in [1.807, 2.05) is 6.92 Å². The molecule has 0 spiro atoms. The fourth-order valence-electron chi connectivity index (χ4n) is 1.53. The summed E-state index contributed by atoms with van der Waals surface area (Å²) in [5, 5.41) is 0. The molecular formula is C12H25NO2. The number of hydrogen-bond acceptors (Lipinski definition) is 3. The average molecular weight is 215 g/mol. The van der Waals surface area contributed by atoms with Crippen LogP contribution < -0.4 is 0 Å².